The molecule has 0 spiro atoms. The second-order valence-corrected chi connectivity index (χ2v) is 10.9. The summed E-state index contributed by atoms with van der Waals surface area (Å²) >= 11 is 8.47. The number of amides is 1. The number of nitrogens with one attached hydrogen (secondary N) is 1. The van der Waals surface area contributed by atoms with E-state index in [1.54, 1.807) is 0 Å². The molecule has 1 aliphatic carbocycles. The van der Waals surface area contributed by atoms with Crippen molar-refractivity contribution in [3.63, 3.8) is 0 Å². The van der Waals surface area contributed by atoms with Crippen LogP contribution in [0.1, 0.15) is 33.9 Å². The zero-order chi connectivity index (χ0) is 19.7. The van der Waals surface area contributed by atoms with Crippen LogP contribution in [0.5, 0.6) is 0 Å². The predicted octanol–water partition coefficient (Wildman–Crippen LogP) is 4.26. The van der Waals surface area contributed by atoms with Gasteiger partial charge in [-0.15, -0.1) is 23.7 Å². The van der Waals surface area contributed by atoms with E-state index in [4.69, 9.17) is 0 Å². The number of Topliss-reactive ketones (excluding diaryl/α,β-unsaturated/α-hetero) is 1. The van der Waals surface area contributed by atoms with Crippen LogP contribution in [0.4, 0.5) is 0 Å². The molecular formula is C20H22Br2ClN3O2S. The van der Waals surface area contributed by atoms with Crippen molar-refractivity contribution in [3.8, 4) is 0 Å². The minimum atomic E-state index is -0.230. The summed E-state index contributed by atoms with van der Waals surface area (Å²) in [6.45, 7) is 5.00. The summed E-state index contributed by atoms with van der Waals surface area (Å²) in [5.41, 5.74) is 2.96. The number of halogens is 3. The Morgan fingerprint density at radius 1 is 1.07 bits per heavy atom. The first-order chi connectivity index (χ1) is 13.5. The fourth-order valence-corrected chi connectivity index (χ4v) is 7.23. The topological polar surface area (TPSA) is 52.7 Å². The maximum Gasteiger partial charge on any atom is 0.234 e. The van der Waals surface area contributed by atoms with Gasteiger partial charge in [-0.1, -0.05) is 30.3 Å². The van der Waals surface area contributed by atoms with Gasteiger partial charge in [0.15, 0.2) is 5.78 Å². The monoisotopic (exact) mass is 561 g/mol. The van der Waals surface area contributed by atoms with Crippen LogP contribution < -0.4 is 5.32 Å². The normalized spacial score (nSPS) is 19.7. The average Bonchev–Trinajstić information content (AvgIpc) is 3.15. The number of carbonyl (C=O) groups is 2. The van der Waals surface area contributed by atoms with Crippen LogP contribution in [-0.4, -0.2) is 54.2 Å². The summed E-state index contributed by atoms with van der Waals surface area (Å²) in [5.74, 6) is 0.0695. The van der Waals surface area contributed by atoms with E-state index in [1.807, 2.05) is 6.07 Å². The highest BCUT2D eigenvalue weighted by atomic mass is 79.9. The average molecular weight is 564 g/mol. The Kier molecular flexibility index (Phi) is 7.92. The summed E-state index contributed by atoms with van der Waals surface area (Å²) in [4.78, 5) is 29.4. The molecule has 1 aromatic carbocycles. The molecule has 5 nitrogen and oxygen atoms in total. The number of piperazine rings is 1. The highest BCUT2D eigenvalue weighted by Gasteiger charge is 2.36. The molecule has 1 N–H and O–H groups in total. The zero-order valence-electron chi connectivity index (χ0n) is 15.7. The molecule has 1 amide bonds. The molecule has 2 aliphatic rings. The molecule has 0 radical (unpaired) electrons. The van der Waals surface area contributed by atoms with Crippen molar-refractivity contribution in [2.45, 2.75) is 19.0 Å². The Balaban J connectivity index is 0.00000240. The van der Waals surface area contributed by atoms with Gasteiger partial charge in [-0.3, -0.25) is 19.4 Å². The van der Waals surface area contributed by atoms with Crippen molar-refractivity contribution < 1.29 is 9.59 Å². The molecule has 156 valence electrons. The quantitative estimate of drug-likeness (QED) is 0.591. The number of fused-ring (bicyclic) bond motifs is 1. The number of benzene rings is 1. The minimum absolute atomic E-state index is 0. The summed E-state index contributed by atoms with van der Waals surface area (Å²) in [5, 5.41) is 3.06. The number of nitrogens with zero attached hydrogens (tertiary/aromatic N) is 2. The zero-order valence-corrected chi connectivity index (χ0v) is 20.5. The van der Waals surface area contributed by atoms with Crippen LogP contribution in [0, 0.1) is 0 Å². The molecule has 1 aromatic heterocycles. The Labute approximate surface area is 197 Å². The first-order valence-corrected chi connectivity index (χ1v) is 11.7. The maximum atomic E-state index is 12.6. The van der Waals surface area contributed by atoms with Gasteiger partial charge in [0.05, 0.1) is 20.2 Å². The van der Waals surface area contributed by atoms with E-state index in [-0.39, 0.29) is 30.1 Å². The SMILES string of the molecule is Cl.O=C(CN1CCN(Cc2ccccc2)CC1)NC1CC(=O)c2c(Br)sc(Br)c21. The van der Waals surface area contributed by atoms with Gasteiger partial charge < -0.3 is 5.32 Å². The van der Waals surface area contributed by atoms with Gasteiger partial charge in [-0.2, -0.15) is 0 Å². The third kappa shape index (κ3) is 5.29. The number of carbonyl (C=O) groups excluding carboxylic acids is 2. The number of hydrogen-bond donors (Lipinski definition) is 1. The third-order valence-corrected chi connectivity index (χ3v) is 7.87. The Bertz CT molecular complexity index is 885. The highest BCUT2D eigenvalue weighted by Crippen LogP contribution is 2.46. The summed E-state index contributed by atoms with van der Waals surface area (Å²) in [7, 11) is 0. The van der Waals surface area contributed by atoms with Gasteiger partial charge in [0, 0.05) is 50.3 Å². The van der Waals surface area contributed by atoms with Crippen LogP contribution >= 0.6 is 55.6 Å². The van der Waals surface area contributed by atoms with Crippen molar-refractivity contribution in [2.24, 2.45) is 0 Å². The second kappa shape index (κ2) is 10.0. The van der Waals surface area contributed by atoms with E-state index in [0.29, 0.717) is 13.0 Å². The van der Waals surface area contributed by atoms with E-state index in [1.165, 1.54) is 16.9 Å². The summed E-state index contributed by atoms with van der Waals surface area (Å²) in [6, 6.07) is 10.2. The van der Waals surface area contributed by atoms with Crippen molar-refractivity contribution in [1.29, 1.82) is 0 Å². The number of ketones is 1. The van der Waals surface area contributed by atoms with E-state index < -0.39 is 0 Å². The molecule has 4 rings (SSSR count). The lowest BCUT2D eigenvalue weighted by Gasteiger charge is -2.34. The third-order valence-electron chi connectivity index (χ3n) is 5.29. The summed E-state index contributed by atoms with van der Waals surface area (Å²) < 4.78 is 1.76. The maximum absolute atomic E-state index is 12.6. The van der Waals surface area contributed by atoms with E-state index in [0.717, 1.165) is 51.4 Å². The molecule has 2 aromatic rings. The highest BCUT2D eigenvalue weighted by molar-refractivity contribution is 9.12. The number of hydrogen-bond acceptors (Lipinski definition) is 5. The summed E-state index contributed by atoms with van der Waals surface area (Å²) in [6.07, 6.45) is 0.339. The largest absolute Gasteiger partial charge is 0.348 e. The minimum Gasteiger partial charge on any atom is -0.348 e. The molecule has 1 fully saturated rings. The Hall–Kier alpha value is -0.770. The van der Waals surface area contributed by atoms with Gasteiger partial charge >= 0.3 is 0 Å². The van der Waals surface area contributed by atoms with Crippen molar-refractivity contribution in [3.05, 3.63) is 54.6 Å². The molecular weight excluding hydrogens is 542 g/mol. The second-order valence-electron chi connectivity index (χ2n) is 7.22. The molecule has 29 heavy (non-hydrogen) atoms. The van der Waals surface area contributed by atoms with Crippen LogP contribution in [0.3, 0.4) is 0 Å². The molecule has 1 aliphatic heterocycles. The fraction of sp³-hybridized carbons (Fsp3) is 0.400. The molecule has 2 heterocycles. The predicted molar refractivity (Wildman–Crippen MR) is 125 cm³/mol. The van der Waals surface area contributed by atoms with Gasteiger partial charge in [-0.25, -0.2) is 0 Å². The Morgan fingerprint density at radius 3 is 2.41 bits per heavy atom. The van der Waals surface area contributed by atoms with Crippen molar-refractivity contribution in [1.82, 2.24) is 15.1 Å². The lowest BCUT2D eigenvalue weighted by Crippen LogP contribution is -2.49. The van der Waals surface area contributed by atoms with Gasteiger partial charge in [0.25, 0.3) is 0 Å². The smallest absolute Gasteiger partial charge is 0.234 e. The Morgan fingerprint density at radius 2 is 1.72 bits per heavy atom. The van der Waals surface area contributed by atoms with Crippen LogP contribution in [0.2, 0.25) is 0 Å². The molecule has 0 bridgehead atoms. The van der Waals surface area contributed by atoms with E-state index in [9.17, 15) is 9.59 Å². The van der Waals surface area contributed by atoms with Gasteiger partial charge in [0.2, 0.25) is 5.91 Å². The molecule has 1 unspecified atom stereocenters. The van der Waals surface area contributed by atoms with Crippen LogP contribution in [-0.2, 0) is 11.3 Å². The molecule has 0 saturated carbocycles. The van der Waals surface area contributed by atoms with Crippen LogP contribution in [0.25, 0.3) is 0 Å². The molecule has 1 saturated heterocycles. The van der Waals surface area contributed by atoms with Crippen molar-refractivity contribution >= 4 is 67.3 Å². The number of thiophene rings is 1. The number of rotatable bonds is 5. The van der Waals surface area contributed by atoms with E-state index >= 15 is 0 Å². The van der Waals surface area contributed by atoms with Gasteiger partial charge in [-0.05, 0) is 37.4 Å². The lowest BCUT2D eigenvalue weighted by atomic mass is 10.2. The van der Waals surface area contributed by atoms with Crippen LogP contribution in [0.15, 0.2) is 37.9 Å². The standard InChI is InChI=1S/C20H21Br2N3O2S.ClH/c21-19-17-14(10-15(26)18(17)20(22)28-19)23-16(27)12-25-8-6-24(7-9-25)11-13-4-2-1-3-5-13;/h1-5,14H,6-12H2,(H,23,27);1H. The molecule has 1 atom stereocenters. The molecule has 9 heteroatoms. The first kappa shape index (κ1) is 22.9. The van der Waals surface area contributed by atoms with Gasteiger partial charge in [0.1, 0.15) is 0 Å². The lowest BCUT2D eigenvalue weighted by molar-refractivity contribution is -0.123. The van der Waals surface area contributed by atoms with Crippen molar-refractivity contribution in [2.75, 3.05) is 32.7 Å². The first-order valence-electron chi connectivity index (χ1n) is 9.30. The fourth-order valence-electron chi connectivity index (χ4n) is 3.86. The van der Waals surface area contributed by atoms with E-state index in [2.05, 4.69) is 71.2 Å².